The molecule has 0 N–H and O–H groups in total. The van der Waals surface area contributed by atoms with Gasteiger partial charge in [-0.1, -0.05) is 11.6 Å². The molecule has 7 heteroatoms. The van der Waals surface area contributed by atoms with Gasteiger partial charge in [-0.15, -0.1) is 0 Å². The fourth-order valence-electron chi connectivity index (χ4n) is 1.17. The Morgan fingerprint density at radius 2 is 2.38 bits per heavy atom. The number of hydrogen-bond acceptors (Lipinski definition) is 4. The predicted molar refractivity (Wildman–Crippen MR) is 61.0 cm³/mol. The number of epoxide rings is 1. The van der Waals surface area contributed by atoms with E-state index in [1.165, 1.54) is 6.07 Å². The fraction of sp³-hybridized carbons (Fsp3) is 0.333. The lowest BCUT2D eigenvalue weighted by atomic mass is 10.3. The first-order valence-electron chi connectivity index (χ1n) is 4.46. The first-order valence-corrected chi connectivity index (χ1v) is 5.63. The predicted octanol–water partition coefficient (Wildman–Crippen LogP) is 2.79. The molecule has 1 heterocycles. The smallest absolute Gasteiger partial charge is 0.313 e. The molecule has 1 saturated heterocycles. The molecule has 0 amide bonds. The first kappa shape index (κ1) is 11.6. The minimum absolute atomic E-state index is 0.0437. The molecule has 1 aromatic rings. The fourth-order valence-corrected chi connectivity index (χ4v) is 2.07. The Morgan fingerprint density at radius 1 is 1.69 bits per heavy atom. The summed E-state index contributed by atoms with van der Waals surface area (Å²) in [4.78, 5) is 10.3. The number of rotatable bonds is 4. The molecule has 1 aliphatic rings. The van der Waals surface area contributed by atoms with Crippen molar-refractivity contribution >= 4 is 33.2 Å². The Bertz CT molecular complexity index is 436. The maximum Gasteiger partial charge on any atom is 0.313 e. The average Bonchev–Trinajstić information content (AvgIpc) is 2.98. The Hall–Kier alpha value is -0.850. The number of nitro groups is 1. The highest BCUT2D eigenvalue weighted by Gasteiger charge is 2.26. The van der Waals surface area contributed by atoms with Crippen molar-refractivity contribution in [2.45, 2.75) is 6.10 Å². The maximum absolute atomic E-state index is 10.8. The maximum atomic E-state index is 10.8. The lowest BCUT2D eigenvalue weighted by Crippen LogP contribution is -2.06. The van der Waals surface area contributed by atoms with Crippen molar-refractivity contribution in [1.82, 2.24) is 0 Å². The molecule has 16 heavy (non-hydrogen) atoms. The highest BCUT2D eigenvalue weighted by molar-refractivity contribution is 9.10. The number of benzene rings is 1. The second-order valence-electron chi connectivity index (χ2n) is 3.26. The van der Waals surface area contributed by atoms with Gasteiger partial charge in [0.2, 0.25) is 5.75 Å². The molecule has 1 fully saturated rings. The summed E-state index contributed by atoms with van der Waals surface area (Å²) in [6.45, 7) is 0.945. The van der Waals surface area contributed by atoms with Crippen molar-refractivity contribution in [3.63, 3.8) is 0 Å². The minimum atomic E-state index is -0.528. The molecule has 0 spiro atoms. The molecule has 86 valence electrons. The van der Waals surface area contributed by atoms with Crippen LogP contribution in [0.25, 0.3) is 0 Å². The van der Waals surface area contributed by atoms with Gasteiger partial charge in [0.25, 0.3) is 0 Å². The van der Waals surface area contributed by atoms with Crippen LogP contribution in [0.1, 0.15) is 0 Å². The number of nitro benzene ring substituents is 1. The molecule has 2 rings (SSSR count). The van der Waals surface area contributed by atoms with Crippen LogP contribution in [0.3, 0.4) is 0 Å². The van der Waals surface area contributed by atoms with Gasteiger partial charge in [0.05, 0.1) is 16.0 Å². The van der Waals surface area contributed by atoms with Crippen molar-refractivity contribution in [2.75, 3.05) is 13.2 Å². The summed E-state index contributed by atoms with van der Waals surface area (Å²) in [6, 6.07) is 2.81. The number of halogens is 2. The lowest BCUT2D eigenvalue weighted by molar-refractivity contribution is -0.385. The molecule has 0 saturated carbocycles. The second-order valence-corrected chi connectivity index (χ2v) is 4.55. The van der Waals surface area contributed by atoms with Crippen LogP contribution in [0.5, 0.6) is 5.75 Å². The summed E-state index contributed by atoms with van der Waals surface area (Å²) in [5, 5.41) is 11.1. The molecular formula is C9H7BrClNO4. The molecule has 5 nitrogen and oxygen atoms in total. The summed E-state index contributed by atoms with van der Waals surface area (Å²) in [5.74, 6) is 0.185. The van der Waals surface area contributed by atoms with Crippen LogP contribution < -0.4 is 4.74 Å². The zero-order chi connectivity index (χ0) is 11.7. The normalized spacial score (nSPS) is 18.2. The van der Waals surface area contributed by atoms with Crippen LogP contribution in [-0.4, -0.2) is 24.2 Å². The molecule has 1 atom stereocenters. The largest absolute Gasteiger partial charge is 0.483 e. The quantitative estimate of drug-likeness (QED) is 0.487. The highest BCUT2D eigenvalue weighted by Crippen LogP contribution is 2.38. The van der Waals surface area contributed by atoms with Gasteiger partial charge in [-0.2, -0.15) is 0 Å². The molecule has 0 bridgehead atoms. The van der Waals surface area contributed by atoms with Gasteiger partial charge in [-0.05, 0) is 22.0 Å². The van der Waals surface area contributed by atoms with E-state index in [9.17, 15) is 10.1 Å². The molecule has 1 aromatic carbocycles. The topological polar surface area (TPSA) is 64.9 Å². The number of nitrogens with zero attached hydrogens (tertiary/aromatic N) is 1. The molecule has 0 aliphatic carbocycles. The van der Waals surface area contributed by atoms with E-state index in [2.05, 4.69) is 15.9 Å². The number of ether oxygens (including phenoxy) is 2. The number of hydrogen-bond donors (Lipinski definition) is 0. The Balaban J connectivity index is 2.27. The van der Waals surface area contributed by atoms with Crippen molar-refractivity contribution in [3.05, 3.63) is 31.7 Å². The Labute approximate surface area is 105 Å². The zero-order valence-corrected chi connectivity index (χ0v) is 10.3. The third-order valence-electron chi connectivity index (χ3n) is 2.00. The molecule has 1 aliphatic heterocycles. The Kier molecular flexibility index (Phi) is 3.32. The van der Waals surface area contributed by atoms with E-state index in [4.69, 9.17) is 21.1 Å². The van der Waals surface area contributed by atoms with Gasteiger partial charge in [0.15, 0.2) is 0 Å². The van der Waals surface area contributed by atoms with Crippen LogP contribution in [0.2, 0.25) is 5.02 Å². The third-order valence-corrected chi connectivity index (χ3v) is 2.81. The van der Waals surface area contributed by atoms with Crippen LogP contribution in [0.15, 0.2) is 16.6 Å². The minimum Gasteiger partial charge on any atom is -0.483 e. The SMILES string of the molecule is O=[N+]([O-])c1cc(Cl)cc(Br)c1OCC1CO1. The standard InChI is InChI=1S/C9H7BrClNO4/c10-7-1-5(11)2-8(12(13)14)9(7)16-4-6-3-15-6/h1-2,6H,3-4H2. The van der Waals surface area contributed by atoms with E-state index in [0.717, 1.165) is 0 Å². The van der Waals surface area contributed by atoms with Crippen molar-refractivity contribution < 1.29 is 14.4 Å². The average molecular weight is 309 g/mol. The van der Waals surface area contributed by atoms with E-state index in [1.807, 2.05) is 0 Å². The van der Waals surface area contributed by atoms with Crippen LogP contribution >= 0.6 is 27.5 Å². The van der Waals surface area contributed by atoms with E-state index in [0.29, 0.717) is 17.7 Å². The van der Waals surface area contributed by atoms with Gasteiger partial charge in [0, 0.05) is 11.1 Å². The van der Waals surface area contributed by atoms with Gasteiger partial charge in [0.1, 0.15) is 12.7 Å². The monoisotopic (exact) mass is 307 g/mol. The van der Waals surface area contributed by atoms with Gasteiger partial charge in [-0.3, -0.25) is 10.1 Å². The van der Waals surface area contributed by atoms with Crippen molar-refractivity contribution in [3.8, 4) is 5.75 Å². The summed E-state index contributed by atoms with van der Waals surface area (Å²) in [5.41, 5.74) is -0.153. The molecule has 1 unspecified atom stereocenters. The van der Waals surface area contributed by atoms with E-state index in [-0.39, 0.29) is 22.6 Å². The van der Waals surface area contributed by atoms with Crippen molar-refractivity contribution in [1.29, 1.82) is 0 Å². The lowest BCUT2D eigenvalue weighted by Gasteiger charge is -2.07. The van der Waals surface area contributed by atoms with Crippen molar-refractivity contribution in [2.24, 2.45) is 0 Å². The van der Waals surface area contributed by atoms with E-state index >= 15 is 0 Å². The second kappa shape index (κ2) is 4.57. The molecule has 0 radical (unpaired) electrons. The molecular weight excluding hydrogens is 301 g/mol. The van der Waals surface area contributed by atoms with Crippen LogP contribution in [0.4, 0.5) is 5.69 Å². The van der Waals surface area contributed by atoms with Gasteiger partial charge >= 0.3 is 5.69 Å². The zero-order valence-electron chi connectivity index (χ0n) is 7.98. The summed E-state index contributed by atoms with van der Waals surface area (Å²) < 4.78 is 10.8. The van der Waals surface area contributed by atoms with Crippen LogP contribution in [-0.2, 0) is 4.74 Å². The first-order chi connectivity index (χ1) is 7.58. The highest BCUT2D eigenvalue weighted by atomic mass is 79.9. The van der Waals surface area contributed by atoms with Crippen LogP contribution in [0, 0.1) is 10.1 Å². The van der Waals surface area contributed by atoms with Gasteiger partial charge < -0.3 is 9.47 Å². The Morgan fingerprint density at radius 3 is 2.94 bits per heavy atom. The summed E-state index contributed by atoms with van der Waals surface area (Å²) in [7, 11) is 0. The third kappa shape index (κ3) is 2.63. The summed E-state index contributed by atoms with van der Waals surface area (Å²) >= 11 is 8.91. The van der Waals surface area contributed by atoms with Gasteiger partial charge in [-0.25, -0.2) is 0 Å². The summed E-state index contributed by atoms with van der Waals surface area (Å²) in [6.07, 6.45) is 0.0437. The van der Waals surface area contributed by atoms with E-state index in [1.54, 1.807) is 6.07 Å². The molecule has 0 aromatic heterocycles. The van der Waals surface area contributed by atoms with E-state index < -0.39 is 4.92 Å².